The summed E-state index contributed by atoms with van der Waals surface area (Å²) in [6.07, 6.45) is 4.80. The first-order chi connectivity index (χ1) is 10.3. The number of nitrogens with zero attached hydrogens (tertiary/aromatic N) is 3. The Kier molecular flexibility index (Phi) is 5.10. The number of likely N-dealkylation sites (tertiary alicyclic amines) is 1. The molecule has 0 aliphatic carbocycles. The molecule has 1 aromatic rings. The fourth-order valence-electron chi connectivity index (χ4n) is 4.28. The number of piperidine rings is 1. The minimum absolute atomic E-state index is 0.279. The summed E-state index contributed by atoms with van der Waals surface area (Å²) in [5, 5.41) is 0. The lowest BCUT2D eigenvalue weighted by atomic mass is 9.88. The topological polar surface area (TPSA) is 34.9 Å². The van der Waals surface area contributed by atoms with Crippen molar-refractivity contribution in [2.24, 2.45) is 18.9 Å². The van der Waals surface area contributed by atoms with Crippen molar-refractivity contribution in [3.8, 4) is 0 Å². The lowest BCUT2D eigenvalue weighted by molar-refractivity contribution is -0.848. The van der Waals surface area contributed by atoms with Crippen LogP contribution in [0.3, 0.4) is 0 Å². The van der Waals surface area contributed by atoms with Gasteiger partial charge in [-0.25, -0.2) is 9.78 Å². The second kappa shape index (κ2) is 6.53. The van der Waals surface area contributed by atoms with Crippen molar-refractivity contribution in [2.75, 3.05) is 20.1 Å². The zero-order chi connectivity index (χ0) is 16.5. The van der Waals surface area contributed by atoms with Crippen molar-refractivity contribution in [3.05, 3.63) is 17.7 Å². The fourth-order valence-corrected chi connectivity index (χ4v) is 4.28. The number of carbonyl (C=O) groups excluding carboxylic acids is 1. The molecule has 1 amide bonds. The van der Waals surface area contributed by atoms with Crippen molar-refractivity contribution in [1.82, 2.24) is 9.55 Å². The third-order valence-electron chi connectivity index (χ3n) is 5.42. The zero-order valence-electron chi connectivity index (χ0n) is 15.1. The SMILES string of the molecule is CCC(CC(=O)[N+]1(C)CC(C)CC(C)C1)c1cnc(C)n1C. The van der Waals surface area contributed by atoms with Crippen LogP contribution in [-0.2, 0) is 11.8 Å². The van der Waals surface area contributed by atoms with Gasteiger partial charge in [-0.1, -0.05) is 20.8 Å². The summed E-state index contributed by atoms with van der Waals surface area (Å²) in [6, 6.07) is 0. The van der Waals surface area contributed by atoms with Crippen LogP contribution in [0.5, 0.6) is 0 Å². The van der Waals surface area contributed by atoms with Gasteiger partial charge in [-0.15, -0.1) is 0 Å². The molecule has 124 valence electrons. The standard InChI is InChI=1S/C18H32N3O/c1-7-16(17-10-19-15(4)20(17)5)9-18(22)21(6)11-13(2)8-14(3)12-21/h10,13-14,16H,7-9,11-12H2,1-6H3/q+1. The molecule has 4 nitrogen and oxygen atoms in total. The summed E-state index contributed by atoms with van der Waals surface area (Å²) >= 11 is 0. The van der Waals surface area contributed by atoms with Crippen LogP contribution >= 0.6 is 0 Å². The van der Waals surface area contributed by atoms with Crippen LogP contribution in [-0.4, -0.2) is 40.1 Å². The third kappa shape index (κ3) is 3.43. The van der Waals surface area contributed by atoms with E-state index in [1.54, 1.807) is 0 Å². The highest BCUT2D eigenvalue weighted by Gasteiger charge is 2.40. The van der Waals surface area contributed by atoms with Gasteiger partial charge in [0.15, 0.2) is 0 Å². The number of aromatic nitrogens is 2. The summed E-state index contributed by atoms with van der Waals surface area (Å²) in [7, 11) is 4.18. The van der Waals surface area contributed by atoms with E-state index in [-0.39, 0.29) is 5.92 Å². The predicted molar refractivity (Wildman–Crippen MR) is 89.5 cm³/mol. The molecule has 3 unspecified atom stereocenters. The highest BCUT2D eigenvalue weighted by molar-refractivity contribution is 5.70. The molecule has 22 heavy (non-hydrogen) atoms. The molecule has 0 N–H and O–H groups in total. The molecule has 3 atom stereocenters. The van der Waals surface area contributed by atoms with Gasteiger partial charge in [-0.2, -0.15) is 0 Å². The molecule has 0 saturated carbocycles. The van der Waals surface area contributed by atoms with Gasteiger partial charge in [0.2, 0.25) is 0 Å². The van der Waals surface area contributed by atoms with E-state index in [1.807, 2.05) is 20.2 Å². The number of imidazole rings is 1. The summed E-state index contributed by atoms with van der Waals surface area (Å²) in [6.45, 7) is 10.7. The predicted octanol–water partition coefficient (Wildman–Crippen LogP) is 3.26. The van der Waals surface area contributed by atoms with Crippen LogP contribution < -0.4 is 0 Å². The molecule has 1 aliphatic rings. The van der Waals surface area contributed by atoms with Crippen molar-refractivity contribution in [3.63, 3.8) is 0 Å². The minimum Gasteiger partial charge on any atom is -0.335 e. The monoisotopic (exact) mass is 306 g/mol. The average Bonchev–Trinajstić information content (AvgIpc) is 2.74. The summed E-state index contributed by atoms with van der Waals surface area (Å²) in [4.78, 5) is 17.4. The molecule has 1 aromatic heterocycles. The first-order valence-electron chi connectivity index (χ1n) is 8.63. The lowest BCUT2D eigenvalue weighted by Crippen LogP contribution is -2.57. The summed E-state index contributed by atoms with van der Waals surface area (Å²) < 4.78 is 2.73. The number of hydrogen-bond donors (Lipinski definition) is 0. The molecule has 4 heteroatoms. The Balaban J connectivity index is 2.13. The minimum atomic E-state index is 0.279. The van der Waals surface area contributed by atoms with Crippen LogP contribution in [0.4, 0.5) is 0 Å². The van der Waals surface area contributed by atoms with E-state index in [9.17, 15) is 4.79 Å². The molecule has 2 heterocycles. The molecule has 0 spiro atoms. The average molecular weight is 306 g/mol. The molecule has 1 saturated heterocycles. The van der Waals surface area contributed by atoms with Gasteiger partial charge in [0.25, 0.3) is 0 Å². The van der Waals surface area contributed by atoms with Crippen LogP contribution in [0.2, 0.25) is 0 Å². The van der Waals surface area contributed by atoms with Crippen molar-refractivity contribution >= 4 is 5.91 Å². The van der Waals surface area contributed by atoms with Crippen LogP contribution in [0.25, 0.3) is 0 Å². The van der Waals surface area contributed by atoms with Gasteiger partial charge in [0.1, 0.15) is 5.82 Å². The maximum Gasteiger partial charge on any atom is 0.314 e. The van der Waals surface area contributed by atoms with Gasteiger partial charge in [0.05, 0.1) is 26.6 Å². The Morgan fingerprint density at radius 2 is 2.00 bits per heavy atom. The second-order valence-electron chi connectivity index (χ2n) is 7.70. The van der Waals surface area contributed by atoms with E-state index in [1.165, 1.54) is 12.1 Å². The van der Waals surface area contributed by atoms with Crippen LogP contribution in [0, 0.1) is 18.8 Å². The molecule has 0 aromatic carbocycles. The van der Waals surface area contributed by atoms with Gasteiger partial charge in [-0.3, -0.25) is 4.48 Å². The smallest absolute Gasteiger partial charge is 0.314 e. The quantitative estimate of drug-likeness (QED) is 0.800. The Morgan fingerprint density at radius 3 is 2.45 bits per heavy atom. The zero-order valence-corrected chi connectivity index (χ0v) is 15.1. The third-order valence-corrected chi connectivity index (χ3v) is 5.42. The van der Waals surface area contributed by atoms with E-state index in [4.69, 9.17) is 0 Å². The first kappa shape index (κ1) is 17.2. The highest BCUT2D eigenvalue weighted by atomic mass is 16.2. The summed E-state index contributed by atoms with van der Waals surface area (Å²) in [5.74, 6) is 2.96. The maximum atomic E-state index is 13.0. The molecular weight excluding hydrogens is 274 g/mol. The largest absolute Gasteiger partial charge is 0.335 e. The number of aryl methyl sites for hydroxylation is 1. The molecular formula is C18H32N3O+. The number of hydrogen-bond acceptors (Lipinski definition) is 2. The number of rotatable bonds is 4. The van der Waals surface area contributed by atoms with E-state index >= 15 is 0 Å². The molecule has 0 bridgehead atoms. The number of carbonyl (C=O) groups is 1. The molecule has 1 fully saturated rings. The Labute approximate surface area is 135 Å². The molecule has 1 aliphatic heterocycles. The maximum absolute atomic E-state index is 13.0. The van der Waals surface area contributed by atoms with Gasteiger partial charge in [0, 0.05) is 36.7 Å². The molecule has 0 radical (unpaired) electrons. The van der Waals surface area contributed by atoms with E-state index in [0.29, 0.717) is 28.6 Å². The van der Waals surface area contributed by atoms with Gasteiger partial charge < -0.3 is 4.57 Å². The Bertz CT molecular complexity index is 524. The Hall–Kier alpha value is -1.16. The van der Waals surface area contributed by atoms with Crippen LogP contribution in [0.1, 0.15) is 57.5 Å². The van der Waals surface area contributed by atoms with Crippen molar-refractivity contribution in [2.45, 2.75) is 52.9 Å². The highest BCUT2D eigenvalue weighted by Crippen LogP contribution is 2.30. The van der Waals surface area contributed by atoms with E-state index in [2.05, 4.69) is 37.4 Å². The van der Waals surface area contributed by atoms with Crippen molar-refractivity contribution in [1.29, 1.82) is 0 Å². The first-order valence-corrected chi connectivity index (χ1v) is 8.63. The number of quaternary nitrogens is 1. The number of amides is 1. The Morgan fingerprint density at radius 1 is 1.41 bits per heavy atom. The van der Waals surface area contributed by atoms with Crippen molar-refractivity contribution < 1.29 is 9.28 Å². The van der Waals surface area contributed by atoms with E-state index in [0.717, 1.165) is 25.3 Å². The van der Waals surface area contributed by atoms with Gasteiger partial charge in [-0.05, 0) is 19.8 Å². The second-order valence-corrected chi connectivity index (χ2v) is 7.70. The lowest BCUT2D eigenvalue weighted by Gasteiger charge is -2.41. The van der Waals surface area contributed by atoms with E-state index < -0.39 is 0 Å². The normalized spacial score (nSPS) is 30.3. The van der Waals surface area contributed by atoms with Crippen LogP contribution in [0.15, 0.2) is 6.20 Å². The summed E-state index contributed by atoms with van der Waals surface area (Å²) in [5.41, 5.74) is 1.19. The van der Waals surface area contributed by atoms with Gasteiger partial charge >= 0.3 is 5.91 Å². The fraction of sp³-hybridized carbons (Fsp3) is 0.778. The molecule has 2 rings (SSSR count).